The van der Waals surface area contributed by atoms with Gasteiger partial charge in [0.1, 0.15) is 12.0 Å². The van der Waals surface area contributed by atoms with Crippen LogP contribution in [0, 0.1) is 5.82 Å². The Kier molecular flexibility index (Phi) is 4.16. The van der Waals surface area contributed by atoms with E-state index in [1.807, 2.05) is 31.2 Å². The summed E-state index contributed by atoms with van der Waals surface area (Å²) in [5, 5.41) is 3.39. The summed E-state index contributed by atoms with van der Waals surface area (Å²) in [6, 6.07) is 12.3. The van der Waals surface area contributed by atoms with Crippen molar-refractivity contribution in [2.75, 3.05) is 11.9 Å². The molecule has 5 heteroatoms. The minimum Gasteiger partial charge on any atom is -0.361 e. The zero-order valence-corrected chi connectivity index (χ0v) is 13.7. The van der Waals surface area contributed by atoms with Gasteiger partial charge in [-0.15, -0.1) is 0 Å². The van der Waals surface area contributed by atoms with Crippen LogP contribution in [0.3, 0.4) is 0 Å². The first-order chi connectivity index (χ1) is 10.6. The monoisotopic (exact) mass is 362 g/mol. The van der Waals surface area contributed by atoms with E-state index >= 15 is 0 Å². The molecule has 0 unspecified atom stereocenters. The molecule has 0 radical (unpaired) electrons. The third-order valence-electron chi connectivity index (χ3n) is 3.75. The second-order valence-electron chi connectivity index (χ2n) is 5.26. The predicted octanol–water partition coefficient (Wildman–Crippen LogP) is 4.56. The van der Waals surface area contributed by atoms with Crippen LogP contribution in [-0.4, -0.2) is 17.4 Å². The molecular formula is C17H16BrFN2O. The van der Waals surface area contributed by atoms with Gasteiger partial charge in [0, 0.05) is 12.2 Å². The highest BCUT2D eigenvalue weighted by atomic mass is 79.9. The number of amides is 1. The molecule has 1 aliphatic rings. The number of carbonyl (C=O) groups is 1. The van der Waals surface area contributed by atoms with Gasteiger partial charge in [0.2, 0.25) is 0 Å². The van der Waals surface area contributed by atoms with E-state index in [0.717, 1.165) is 17.7 Å². The molecule has 0 saturated carbocycles. The highest BCUT2D eigenvalue weighted by Crippen LogP contribution is 2.34. The number of fused-ring (bicyclic) bond motifs is 1. The Morgan fingerprint density at radius 1 is 1.27 bits per heavy atom. The number of benzene rings is 2. The lowest BCUT2D eigenvalue weighted by atomic mass is 10.0. The van der Waals surface area contributed by atoms with E-state index in [1.54, 1.807) is 17.0 Å². The molecule has 22 heavy (non-hydrogen) atoms. The first-order valence-electron chi connectivity index (χ1n) is 7.23. The van der Waals surface area contributed by atoms with Crippen molar-refractivity contribution in [2.45, 2.75) is 19.5 Å². The van der Waals surface area contributed by atoms with E-state index < -0.39 is 0 Å². The summed E-state index contributed by atoms with van der Waals surface area (Å²) in [7, 11) is 0. The molecule has 1 aliphatic heterocycles. The molecule has 1 amide bonds. The van der Waals surface area contributed by atoms with Crippen LogP contribution in [0.2, 0.25) is 0 Å². The van der Waals surface area contributed by atoms with Gasteiger partial charge < -0.3 is 10.2 Å². The van der Waals surface area contributed by atoms with E-state index in [0.29, 0.717) is 16.6 Å². The molecule has 2 aromatic carbocycles. The minimum atomic E-state index is -0.312. The Morgan fingerprint density at radius 3 is 2.77 bits per heavy atom. The zero-order valence-electron chi connectivity index (χ0n) is 12.1. The number of hydrogen-bond donors (Lipinski definition) is 1. The maximum absolute atomic E-state index is 13.5. The van der Waals surface area contributed by atoms with E-state index in [9.17, 15) is 9.18 Å². The highest BCUT2D eigenvalue weighted by molar-refractivity contribution is 9.10. The van der Waals surface area contributed by atoms with Crippen molar-refractivity contribution < 1.29 is 9.18 Å². The van der Waals surface area contributed by atoms with Crippen LogP contribution in [0.1, 0.15) is 35.4 Å². The highest BCUT2D eigenvalue weighted by Gasteiger charge is 2.32. The molecule has 0 aromatic heterocycles. The molecular weight excluding hydrogens is 347 g/mol. The molecule has 3 rings (SSSR count). The second kappa shape index (κ2) is 6.08. The number of hydrogen-bond acceptors (Lipinski definition) is 2. The summed E-state index contributed by atoms with van der Waals surface area (Å²) in [6.07, 6.45) is 0.563. The van der Waals surface area contributed by atoms with Crippen LogP contribution in [0.4, 0.5) is 10.1 Å². The van der Waals surface area contributed by atoms with E-state index in [1.165, 1.54) is 6.07 Å². The molecule has 1 heterocycles. The third-order valence-corrected chi connectivity index (χ3v) is 4.35. The second-order valence-corrected chi connectivity index (χ2v) is 6.12. The van der Waals surface area contributed by atoms with Gasteiger partial charge in [-0.05, 0) is 52.2 Å². The van der Waals surface area contributed by atoms with E-state index in [-0.39, 0.29) is 17.9 Å². The van der Waals surface area contributed by atoms with Crippen molar-refractivity contribution in [1.29, 1.82) is 0 Å². The summed E-state index contributed by atoms with van der Waals surface area (Å²) >= 11 is 3.21. The molecule has 1 atom stereocenters. The van der Waals surface area contributed by atoms with Gasteiger partial charge in [-0.25, -0.2) is 4.39 Å². The number of carbonyl (C=O) groups excluding carboxylic acids is 1. The quantitative estimate of drug-likeness (QED) is 0.867. The third kappa shape index (κ3) is 2.61. The molecule has 2 aromatic rings. The molecule has 0 aliphatic carbocycles. The van der Waals surface area contributed by atoms with E-state index in [2.05, 4.69) is 21.2 Å². The summed E-state index contributed by atoms with van der Waals surface area (Å²) in [6.45, 7) is 2.67. The van der Waals surface area contributed by atoms with Crippen LogP contribution in [0.5, 0.6) is 0 Å². The summed E-state index contributed by atoms with van der Waals surface area (Å²) in [4.78, 5) is 14.5. The van der Waals surface area contributed by atoms with Crippen LogP contribution >= 0.6 is 15.9 Å². The number of rotatable bonds is 3. The fraction of sp³-hybridized carbons (Fsp3) is 0.235. The number of para-hydroxylation sites is 1. The predicted molar refractivity (Wildman–Crippen MR) is 88.2 cm³/mol. The van der Waals surface area contributed by atoms with Crippen molar-refractivity contribution in [2.24, 2.45) is 0 Å². The maximum Gasteiger partial charge on any atom is 0.257 e. The maximum atomic E-state index is 13.5. The first-order valence-corrected chi connectivity index (χ1v) is 8.02. The first kappa shape index (κ1) is 15.0. The van der Waals surface area contributed by atoms with Gasteiger partial charge in [-0.1, -0.05) is 25.1 Å². The Hall–Kier alpha value is -1.88. The molecule has 3 nitrogen and oxygen atoms in total. The molecule has 0 bridgehead atoms. The Balaban J connectivity index is 2.05. The number of anilines is 1. The standard InChI is InChI=1S/C17H16BrFN2O/c1-2-9-21-16(11-7-8-14(19)13(18)10-11)20-15-6-4-3-5-12(15)17(21)22/h3-8,10,16,20H,2,9H2,1H3/t16-/m1/s1. The van der Waals surface area contributed by atoms with Gasteiger partial charge in [0.05, 0.1) is 10.0 Å². The average molecular weight is 363 g/mol. The topological polar surface area (TPSA) is 32.3 Å². The fourth-order valence-corrected chi connectivity index (χ4v) is 3.11. The zero-order chi connectivity index (χ0) is 15.7. The van der Waals surface area contributed by atoms with Gasteiger partial charge >= 0.3 is 0 Å². The molecule has 0 saturated heterocycles. The van der Waals surface area contributed by atoms with Gasteiger partial charge in [-0.3, -0.25) is 4.79 Å². The summed E-state index contributed by atoms with van der Waals surface area (Å²) in [5.74, 6) is -0.310. The number of halogens is 2. The number of nitrogens with zero attached hydrogens (tertiary/aromatic N) is 1. The van der Waals surface area contributed by atoms with Crippen LogP contribution < -0.4 is 5.32 Å². The summed E-state index contributed by atoms with van der Waals surface area (Å²) in [5.41, 5.74) is 2.34. The Morgan fingerprint density at radius 2 is 2.05 bits per heavy atom. The van der Waals surface area contributed by atoms with Crippen LogP contribution in [0.15, 0.2) is 46.9 Å². The van der Waals surface area contributed by atoms with Crippen molar-refractivity contribution >= 4 is 27.5 Å². The van der Waals surface area contributed by atoms with Gasteiger partial charge in [0.15, 0.2) is 0 Å². The van der Waals surface area contributed by atoms with Crippen molar-refractivity contribution in [3.63, 3.8) is 0 Å². The lowest BCUT2D eigenvalue weighted by Crippen LogP contribution is -2.43. The fourth-order valence-electron chi connectivity index (χ4n) is 2.71. The van der Waals surface area contributed by atoms with Gasteiger partial charge in [-0.2, -0.15) is 0 Å². The van der Waals surface area contributed by atoms with Crippen molar-refractivity contribution in [3.8, 4) is 0 Å². The minimum absolute atomic E-state index is 0.00153. The number of nitrogens with one attached hydrogen (secondary N) is 1. The summed E-state index contributed by atoms with van der Waals surface area (Å²) < 4.78 is 13.9. The molecule has 1 N–H and O–H groups in total. The average Bonchev–Trinajstić information content (AvgIpc) is 2.53. The Bertz CT molecular complexity index is 720. The van der Waals surface area contributed by atoms with Crippen molar-refractivity contribution in [3.05, 3.63) is 63.9 Å². The molecule has 114 valence electrons. The SMILES string of the molecule is CCCN1C(=O)c2ccccc2N[C@H]1c1ccc(F)c(Br)c1. The smallest absolute Gasteiger partial charge is 0.257 e. The normalized spacial score (nSPS) is 17.1. The molecule has 0 fully saturated rings. The lowest BCUT2D eigenvalue weighted by molar-refractivity contribution is 0.0683. The van der Waals surface area contributed by atoms with Crippen LogP contribution in [0.25, 0.3) is 0 Å². The Labute approximate surface area is 137 Å². The van der Waals surface area contributed by atoms with Gasteiger partial charge in [0.25, 0.3) is 5.91 Å². The largest absolute Gasteiger partial charge is 0.361 e. The van der Waals surface area contributed by atoms with Crippen molar-refractivity contribution in [1.82, 2.24) is 4.90 Å². The van der Waals surface area contributed by atoms with Crippen LogP contribution in [-0.2, 0) is 0 Å². The van der Waals surface area contributed by atoms with E-state index in [4.69, 9.17) is 0 Å². The molecule has 0 spiro atoms. The lowest BCUT2D eigenvalue weighted by Gasteiger charge is -2.38.